The van der Waals surface area contributed by atoms with Crippen molar-refractivity contribution in [2.45, 2.75) is 53.4 Å². The van der Waals surface area contributed by atoms with Gasteiger partial charge in [-0.05, 0) is 43.9 Å². The number of thiazole rings is 1. The first-order valence-electron chi connectivity index (χ1n) is 10.4. The summed E-state index contributed by atoms with van der Waals surface area (Å²) in [7, 11) is 0. The summed E-state index contributed by atoms with van der Waals surface area (Å²) in [6.45, 7) is 10.1. The number of aliphatic carboxylic acids is 1. The number of carbonyl (C=O) groups is 1. The van der Waals surface area contributed by atoms with Gasteiger partial charge in [0.15, 0.2) is 5.13 Å². The molecule has 0 saturated heterocycles. The van der Waals surface area contributed by atoms with E-state index in [1.54, 1.807) is 17.4 Å². The first-order valence-corrected chi connectivity index (χ1v) is 12.0. The van der Waals surface area contributed by atoms with Gasteiger partial charge >= 0.3 is 5.97 Å². The summed E-state index contributed by atoms with van der Waals surface area (Å²) >= 11 is 13.9. The fourth-order valence-corrected chi connectivity index (χ4v) is 4.48. The molecule has 5 nitrogen and oxygen atoms in total. The number of anilines is 1. The lowest BCUT2D eigenvalue weighted by atomic mass is 10.0. The minimum atomic E-state index is -0.813. The molecule has 0 saturated carbocycles. The Hall–Kier alpha value is -1.34. The molecule has 2 rings (SSSR count). The summed E-state index contributed by atoms with van der Waals surface area (Å²) in [5, 5.41) is 11.0. The molecule has 0 aliphatic rings. The Morgan fingerprint density at radius 2 is 1.90 bits per heavy atom. The molecule has 0 fully saturated rings. The third kappa shape index (κ3) is 8.42. The van der Waals surface area contributed by atoms with E-state index in [-0.39, 0.29) is 6.42 Å². The monoisotopic (exact) mass is 473 g/mol. The van der Waals surface area contributed by atoms with Crippen LogP contribution in [0, 0.1) is 5.92 Å². The van der Waals surface area contributed by atoms with Crippen LogP contribution in [0.25, 0.3) is 11.3 Å². The number of halogens is 2. The number of hydrogen-bond donors (Lipinski definition) is 2. The number of hydrogen-bond acceptors (Lipinski definition) is 5. The van der Waals surface area contributed by atoms with E-state index >= 15 is 0 Å². The van der Waals surface area contributed by atoms with E-state index in [0.29, 0.717) is 29.1 Å². The predicted octanol–water partition coefficient (Wildman–Crippen LogP) is 6.36. The molecule has 0 aliphatic heterocycles. The molecule has 0 aliphatic carbocycles. The summed E-state index contributed by atoms with van der Waals surface area (Å²) in [6.07, 6.45) is 2.76. The third-order valence-corrected chi connectivity index (χ3v) is 6.10. The summed E-state index contributed by atoms with van der Waals surface area (Å²) in [4.78, 5) is 19.2. The molecule has 0 amide bonds. The lowest BCUT2D eigenvalue weighted by Gasteiger charge is -2.20. The third-order valence-electron chi connectivity index (χ3n) is 4.22. The van der Waals surface area contributed by atoms with Crippen molar-refractivity contribution in [1.29, 1.82) is 0 Å². The molecule has 30 heavy (non-hydrogen) atoms. The van der Waals surface area contributed by atoms with Crippen LogP contribution in [-0.2, 0) is 11.2 Å². The average Bonchev–Trinajstić information content (AvgIpc) is 3.11. The molecule has 0 unspecified atom stereocenters. The number of unbranched alkanes of at least 4 members (excludes halogenated alkanes) is 1. The Bertz CT molecular complexity index is 797. The first-order chi connectivity index (χ1) is 14.3. The lowest BCUT2D eigenvalue weighted by Crippen LogP contribution is -2.27. The van der Waals surface area contributed by atoms with E-state index in [0.717, 1.165) is 42.2 Å². The molecule has 1 aromatic heterocycles. The molecular formula is C22H33Cl2N3O2S. The number of benzene rings is 1. The zero-order valence-corrected chi connectivity index (χ0v) is 20.6. The van der Waals surface area contributed by atoms with Crippen LogP contribution in [0.3, 0.4) is 0 Å². The van der Waals surface area contributed by atoms with Crippen molar-refractivity contribution in [2.24, 2.45) is 11.7 Å². The number of rotatable bonds is 11. The van der Waals surface area contributed by atoms with Crippen LogP contribution in [0.4, 0.5) is 5.13 Å². The smallest absolute Gasteiger partial charge is 0.305 e. The minimum Gasteiger partial charge on any atom is -0.481 e. The zero-order chi connectivity index (χ0) is 22.7. The van der Waals surface area contributed by atoms with Crippen LogP contribution in [0.1, 0.15) is 51.8 Å². The van der Waals surface area contributed by atoms with E-state index in [2.05, 4.69) is 18.7 Å². The SMILES string of the molecule is CC.CC(C)Cc1sc(N(CCCCN)CCC(=O)O)nc1-c1ccc(Cl)c(Cl)c1. The van der Waals surface area contributed by atoms with Crippen molar-refractivity contribution in [3.8, 4) is 11.3 Å². The highest BCUT2D eigenvalue weighted by atomic mass is 35.5. The number of carboxylic acids is 1. The number of carboxylic acid groups (broad SMARTS) is 1. The van der Waals surface area contributed by atoms with E-state index in [1.807, 2.05) is 26.0 Å². The van der Waals surface area contributed by atoms with Gasteiger partial charge in [-0.3, -0.25) is 4.79 Å². The highest BCUT2D eigenvalue weighted by Crippen LogP contribution is 2.37. The van der Waals surface area contributed by atoms with Crippen molar-refractivity contribution in [1.82, 2.24) is 4.98 Å². The largest absolute Gasteiger partial charge is 0.481 e. The second-order valence-electron chi connectivity index (χ2n) is 7.12. The van der Waals surface area contributed by atoms with Gasteiger partial charge in [-0.25, -0.2) is 4.98 Å². The Morgan fingerprint density at radius 3 is 2.47 bits per heavy atom. The summed E-state index contributed by atoms with van der Waals surface area (Å²) in [5.41, 5.74) is 7.43. The van der Waals surface area contributed by atoms with E-state index in [9.17, 15) is 4.79 Å². The summed E-state index contributed by atoms with van der Waals surface area (Å²) in [6, 6.07) is 5.54. The number of nitrogens with zero attached hydrogens (tertiary/aromatic N) is 2. The van der Waals surface area contributed by atoms with Crippen LogP contribution in [0.5, 0.6) is 0 Å². The van der Waals surface area contributed by atoms with Gasteiger partial charge in [-0.15, -0.1) is 11.3 Å². The second-order valence-corrected chi connectivity index (χ2v) is 9.00. The van der Waals surface area contributed by atoms with Crippen molar-refractivity contribution >= 4 is 45.6 Å². The van der Waals surface area contributed by atoms with Gasteiger partial charge < -0.3 is 15.7 Å². The van der Waals surface area contributed by atoms with Gasteiger partial charge in [0.1, 0.15) is 0 Å². The molecule has 2 aromatic rings. The molecule has 1 aromatic carbocycles. The van der Waals surface area contributed by atoms with Crippen molar-refractivity contribution in [3.63, 3.8) is 0 Å². The van der Waals surface area contributed by atoms with Crippen LogP contribution in [0.2, 0.25) is 10.0 Å². The molecular weight excluding hydrogens is 441 g/mol. The van der Waals surface area contributed by atoms with Gasteiger partial charge in [-0.1, -0.05) is 57.0 Å². The topological polar surface area (TPSA) is 79.5 Å². The minimum absolute atomic E-state index is 0.0732. The molecule has 0 radical (unpaired) electrons. The molecule has 3 N–H and O–H groups in total. The molecule has 0 bridgehead atoms. The van der Waals surface area contributed by atoms with E-state index in [4.69, 9.17) is 39.0 Å². The zero-order valence-electron chi connectivity index (χ0n) is 18.3. The lowest BCUT2D eigenvalue weighted by molar-refractivity contribution is -0.136. The van der Waals surface area contributed by atoms with Gasteiger partial charge in [0.25, 0.3) is 0 Å². The molecule has 0 atom stereocenters. The number of nitrogens with two attached hydrogens (primary N) is 1. The standard InChI is InChI=1S/C20H27Cl2N3O2S.C2H6/c1-13(2)11-17-19(14-5-6-15(21)16(22)12-14)24-20(28-17)25(9-4-3-8-23)10-7-18(26)27;1-2/h5-6,12-13H,3-4,7-11,23H2,1-2H3,(H,26,27);1-2H3. The predicted molar refractivity (Wildman–Crippen MR) is 130 cm³/mol. The van der Waals surface area contributed by atoms with Crippen molar-refractivity contribution in [2.75, 3.05) is 24.5 Å². The maximum Gasteiger partial charge on any atom is 0.305 e. The maximum atomic E-state index is 11.1. The first kappa shape index (κ1) is 26.7. The quantitative estimate of drug-likeness (QED) is 0.371. The molecule has 168 valence electrons. The van der Waals surface area contributed by atoms with Crippen molar-refractivity contribution in [3.05, 3.63) is 33.1 Å². The Kier molecular flexibility index (Phi) is 12.3. The second kappa shape index (κ2) is 13.9. The Labute approximate surface area is 194 Å². The van der Waals surface area contributed by atoms with Crippen molar-refractivity contribution < 1.29 is 9.90 Å². The molecule has 0 spiro atoms. The highest BCUT2D eigenvalue weighted by Gasteiger charge is 2.19. The van der Waals surface area contributed by atoms with E-state index in [1.165, 1.54) is 4.88 Å². The van der Waals surface area contributed by atoms with Gasteiger partial charge in [-0.2, -0.15) is 0 Å². The molecule has 8 heteroatoms. The summed E-state index contributed by atoms with van der Waals surface area (Å²) < 4.78 is 0. The highest BCUT2D eigenvalue weighted by molar-refractivity contribution is 7.16. The van der Waals surface area contributed by atoms with Crippen LogP contribution < -0.4 is 10.6 Å². The van der Waals surface area contributed by atoms with Gasteiger partial charge in [0, 0.05) is 23.5 Å². The fourth-order valence-electron chi connectivity index (χ4n) is 2.83. The van der Waals surface area contributed by atoms with Gasteiger partial charge in [0.2, 0.25) is 0 Å². The molecule has 1 heterocycles. The van der Waals surface area contributed by atoms with Crippen LogP contribution in [0.15, 0.2) is 18.2 Å². The summed E-state index contributed by atoms with van der Waals surface area (Å²) in [5.74, 6) is -0.341. The normalized spacial score (nSPS) is 10.7. The Morgan fingerprint density at radius 1 is 1.20 bits per heavy atom. The Balaban J connectivity index is 0.00000218. The average molecular weight is 474 g/mol. The maximum absolute atomic E-state index is 11.1. The van der Waals surface area contributed by atoms with Crippen LogP contribution in [-0.4, -0.2) is 35.7 Å². The number of aromatic nitrogens is 1. The van der Waals surface area contributed by atoms with Crippen LogP contribution >= 0.6 is 34.5 Å². The van der Waals surface area contributed by atoms with E-state index < -0.39 is 5.97 Å². The van der Waals surface area contributed by atoms with Gasteiger partial charge in [0.05, 0.1) is 22.2 Å². The fraction of sp³-hybridized carbons (Fsp3) is 0.545.